The van der Waals surface area contributed by atoms with E-state index in [1.54, 1.807) is 25.4 Å². The van der Waals surface area contributed by atoms with E-state index in [0.717, 1.165) is 18.4 Å². The summed E-state index contributed by atoms with van der Waals surface area (Å²) in [5, 5.41) is 6.85. The van der Waals surface area contributed by atoms with E-state index >= 15 is 0 Å². The van der Waals surface area contributed by atoms with Crippen molar-refractivity contribution in [1.29, 1.82) is 0 Å². The molecule has 3 aromatic rings. The van der Waals surface area contributed by atoms with Gasteiger partial charge in [-0.3, -0.25) is 4.79 Å². The van der Waals surface area contributed by atoms with E-state index in [0.29, 0.717) is 36.3 Å². The number of fused-ring (bicyclic) bond motifs is 1. The van der Waals surface area contributed by atoms with Crippen LogP contribution in [0.15, 0.2) is 23.0 Å². The highest BCUT2D eigenvalue weighted by Gasteiger charge is 2.31. The van der Waals surface area contributed by atoms with Gasteiger partial charge in [0.1, 0.15) is 11.7 Å². The van der Waals surface area contributed by atoms with Gasteiger partial charge in [0.25, 0.3) is 5.91 Å². The number of nitrogens with one attached hydrogen (secondary N) is 2. The number of amides is 1. The lowest BCUT2D eigenvalue weighted by molar-refractivity contribution is 0.0467. The van der Waals surface area contributed by atoms with Crippen LogP contribution in [-0.4, -0.2) is 44.2 Å². The lowest BCUT2D eigenvalue weighted by Gasteiger charge is -2.28. The van der Waals surface area contributed by atoms with Crippen molar-refractivity contribution in [3.63, 3.8) is 0 Å². The molecule has 9 heteroatoms. The molecule has 0 aromatic carbocycles. The zero-order valence-corrected chi connectivity index (χ0v) is 13.7. The predicted molar refractivity (Wildman–Crippen MR) is 86.7 cm³/mol. The lowest BCUT2D eigenvalue weighted by Crippen LogP contribution is -2.36. The lowest BCUT2D eigenvalue weighted by atomic mass is 9.91. The summed E-state index contributed by atoms with van der Waals surface area (Å²) in [6.07, 6.45) is 3.18. The van der Waals surface area contributed by atoms with E-state index in [9.17, 15) is 4.79 Å². The Morgan fingerprint density at radius 2 is 2.16 bits per heavy atom. The number of carbonyl (C=O) groups is 1. The maximum atomic E-state index is 12.7. The van der Waals surface area contributed by atoms with E-state index in [1.165, 1.54) is 0 Å². The Morgan fingerprint density at radius 1 is 1.32 bits per heavy atom. The third-order valence-electron chi connectivity index (χ3n) is 4.35. The van der Waals surface area contributed by atoms with E-state index in [-0.39, 0.29) is 17.9 Å². The van der Waals surface area contributed by atoms with Crippen molar-refractivity contribution in [3.8, 4) is 0 Å². The number of pyridine rings is 1. The molecule has 2 N–H and O–H groups in total. The highest BCUT2D eigenvalue weighted by atomic mass is 16.5. The van der Waals surface area contributed by atoms with Crippen LogP contribution >= 0.6 is 0 Å². The van der Waals surface area contributed by atoms with Crippen molar-refractivity contribution in [1.82, 2.24) is 30.4 Å². The summed E-state index contributed by atoms with van der Waals surface area (Å²) in [6.45, 7) is 3.06. The molecule has 0 saturated carbocycles. The highest BCUT2D eigenvalue weighted by Crippen LogP contribution is 2.29. The number of nitrogens with zero attached hydrogens (tertiary/aromatic N) is 4. The molecule has 1 atom stereocenters. The molecule has 1 aliphatic rings. The van der Waals surface area contributed by atoms with Gasteiger partial charge in [-0.1, -0.05) is 5.16 Å². The number of aryl methyl sites for hydroxylation is 1. The maximum Gasteiger partial charge on any atom is 0.270 e. The summed E-state index contributed by atoms with van der Waals surface area (Å²) in [7, 11) is 0. The quantitative estimate of drug-likeness (QED) is 0.738. The molecule has 130 valence electrons. The number of imidazole rings is 1. The van der Waals surface area contributed by atoms with Crippen LogP contribution in [0.5, 0.6) is 0 Å². The summed E-state index contributed by atoms with van der Waals surface area (Å²) in [4.78, 5) is 28.3. The summed E-state index contributed by atoms with van der Waals surface area (Å²) in [5.41, 5.74) is 1.59. The smallest absolute Gasteiger partial charge is 0.270 e. The van der Waals surface area contributed by atoms with E-state index < -0.39 is 0 Å². The SMILES string of the molecule is Cc1noc([C@@H](NC(=O)c2ccc3[nH]cnc3n2)C2CCOCC2)n1. The first kappa shape index (κ1) is 15.7. The number of carbonyl (C=O) groups excluding carboxylic acids is 1. The van der Waals surface area contributed by atoms with E-state index in [4.69, 9.17) is 9.26 Å². The highest BCUT2D eigenvalue weighted by molar-refractivity contribution is 5.94. The maximum absolute atomic E-state index is 12.7. The van der Waals surface area contributed by atoms with Crippen molar-refractivity contribution < 1.29 is 14.1 Å². The second-order valence-electron chi connectivity index (χ2n) is 6.05. The Balaban J connectivity index is 1.59. The first-order valence-corrected chi connectivity index (χ1v) is 8.19. The molecule has 0 bridgehead atoms. The average molecular weight is 342 g/mol. The summed E-state index contributed by atoms with van der Waals surface area (Å²) in [5.74, 6) is 0.833. The molecule has 0 spiro atoms. The van der Waals surface area contributed by atoms with Crippen molar-refractivity contribution in [2.45, 2.75) is 25.8 Å². The molecule has 0 aliphatic carbocycles. The fourth-order valence-electron chi connectivity index (χ4n) is 3.03. The Labute approximate surface area is 143 Å². The van der Waals surface area contributed by atoms with Gasteiger partial charge in [0.15, 0.2) is 11.5 Å². The average Bonchev–Trinajstić information content (AvgIpc) is 3.28. The van der Waals surface area contributed by atoms with Gasteiger partial charge in [0.2, 0.25) is 5.89 Å². The summed E-state index contributed by atoms with van der Waals surface area (Å²) < 4.78 is 10.7. The molecule has 4 rings (SSSR count). The van der Waals surface area contributed by atoms with Gasteiger partial charge >= 0.3 is 0 Å². The number of rotatable bonds is 4. The molecule has 3 aromatic heterocycles. The number of aromatic amines is 1. The predicted octanol–water partition coefficient (Wildman–Crippen LogP) is 1.55. The van der Waals surface area contributed by atoms with Crippen LogP contribution < -0.4 is 5.32 Å². The third kappa shape index (κ3) is 3.22. The van der Waals surface area contributed by atoms with Crippen LogP contribution in [0.3, 0.4) is 0 Å². The van der Waals surface area contributed by atoms with Gasteiger partial charge in [-0.25, -0.2) is 9.97 Å². The molecule has 0 radical (unpaired) electrons. The van der Waals surface area contributed by atoms with Gasteiger partial charge in [0.05, 0.1) is 11.8 Å². The monoisotopic (exact) mass is 342 g/mol. The molecule has 4 heterocycles. The topological polar surface area (TPSA) is 119 Å². The van der Waals surface area contributed by atoms with Gasteiger partial charge < -0.3 is 19.6 Å². The summed E-state index contributed by atoms with van der Waals surface area (Å²) >= 11 is 0. The number of ether oxygens (including phenoxy) is 1. The second kappa shape index (κ2) is 6.60. The Morgan fingerprint density at radius 3 is 2.92 bits per heavy atom. The summed E-state index contributed by atoms with van der Waals surface area (Å²) in [6, 6.07) is 3.08. The van der Waals surface area contributed by atoms with Crippen LogP contribution in [0.25, 0.3) is 11.2 Å². The van der Waals surface area contributed by atoms with Gasteiger partial charge in [0, 0.05) is 13.2 Å². The van der Waals surface area contributed by atoms with Crippen LogP contribution in [-0.2, 0) is 4.74 Å². The third-order valence-corrected chi connectivity index (χ3v) is 4.35. The van der Waals surface area contributed by atoms with Crippen molar-refractivity contribution >= 4 is 17.1 Å². The van der Waals surface area contributed by atoms with Crippen LogP contribution in [0, 0.1) is 12.8 Å². The molecule has 1 saturated heterocycles. The molecule has 9 nitrogen and oxygen atoms in total. The largest absolute Gasteiger partial charge is 0.381 e. The van der Waals surface area contributed by atoms with Crippen molar-refractivity contribution in [3.05, 3.63) is 35.9 Å². The molecule has 1 aliphatic heterocycles. The van der Waals surface area contributed by atoms with E-state index in [1.807, 2.05) is 0 Å². The zero-order valence-electron chi connectivity index (χ0n) is 13.7. The zero-order chi connectivity index (χ0) is 17.2. The minimum atomic E-state index is -0.366. The van der Waals surface area contributed by atoms with Crippen molar-refractivity contribution in [2.24, 2.45) is 5.92 Å². The van der Waals surface area contributed by atoms with Gasteiger partial charge in [-0.05, 0) is 37.8 Å². The fourth-order valence-corrected chi connectivity index (χ4v) is 3.03. The van der Waals surface area contributed by atoms with Crippen LogP contribution in [0.1, 0.15) is 41.1 Å². The molecule has 1 amide bonds. The first-order chi connectivity index (χ1) is 12.2. The number of hydrogen-bond donors (Lipinski definition) is 2. The Bertz CT molecular complexity index is 883. The number of aromatic nitrogens is 5. The van der Waals surface area contributed by atoms with E-state index in [2.05, 4.69) is 30.4 Å². The minimum absolute atomic E-state index is 0.173. The van der Waals surface area contributed by atoms with Crippen LogP contribution in [0.2, 0.25) is 0 Å². The molecule has 25 heavy (non-hydrogen) atoms. The normalized spacial score (nSPS) is 16.8. The van der Waals surface area contributed by atoms with Gasteiger partial charge in [-0.15, -0.1) is 0 Å². The molecular weight excluding hydrogens is 324 g/mol. The molecular formula is C16H18N6O3. The first-order valence-electron chi connectivity index (χ1n) is 8.19. The standard InChI is InChI=1S/C16H18N6O3/c1-9-19-16(25-22-9)13(10-4-6-24-7-5-10)21-15(23)12-3-2-11-14(20-12)18-8-17-11/h2-3,8,10,13H,4-7H2,1H3,(H,21,23)(H,17,18,20)/t13-/m0/s1. The molecule has 0 unspecified atom stereocenters. The fraction of sp³-hybridized carbons (Fsp3) is 0.438. The second-order valence-corrected chi connectivity index (χ2v) is 6.05. The number of H-pyrrole nitrogens is 1. The van der Waals surface area contributed by atoms with Crippen LogP contribution in [0.4, 0.5) is 0 Å². The number of hydrogen-bond acceptors (Lipinski definition) is 7. The molecule has 1 fully saturated rings. The van der Waals surface area contributed by atoms with Crippen molar-refractivity contribution in [2.75, 3.05) is 13.2 Å². The minimum Gasteiger partial charge on any atom is -0.381 e. The Kier molecular flexibility index (Phi) is 4.14. The Hall–Kier alpha value is -2.81. The van der Waals surface area contributed by atoms with Gasteiger partial charge in [-0.2, -0.15) is 4.98 Å².